The molecule has 2 rings (SSSR count). The van der Waals surface area contributed by atoms with Crippen molar-refractivity contribution in [3.63, 3.8) is 0 Å². The Balaban J connectivity index is 2.65. The van der Waals surface area contributed by atoms with E-state index in [0.29, 0.717) is 0 Å². The van der Waals surface area contributed by atoms with Gasteiger partial charge in [-0.1, -0.05) is 58.9 Å². The van der Waals surface area contributed by atoms with E-state index in [1.807, 2.05) is 0 Å². The van der Waals surface area contributed by atoms with Crippen LogP contribution in [-0.2, 0) is 17.3 Å². The van der Waals surface area contributed by atoms with Crippen molar-refractivity contribution < 1.29 is 0 Å². The first-order valence-corrected chi connectivity index (χ1v) is 6.47. The van der Waals surface area contributed by atoms with Crippen molar-refractivity contribution in [3.8, 4) is 0 Å². The van der Waals surface area contributed by atoms with E-state index in [2.05, 4.69) is 60.3 Å². The number of hydrogen-bond acceptors (Lipinski definition) is 0. The third-order valence-corrected chi connectivity index (χ3v) is 4.20. The highest BCUT2D eigenvalue weighted by atomic mass is 14.4. The van der Waals surface area contributed by atoms with Crippen molar-refractivity contribution in [2.24, 2.45) is 0 Å². The van der Waals surface area contributed by atoms with Gasteiger partial charge in [-0.15, -0.1) is 0 Å². The average Bonchev–Trinajstić information content (AvgIpc) is 2.36. The molecule has 17 heavy (non-hydrogen) atoms. The molecule has 0 spiro atoms. The molecule has 92 valence electrons. The van der Waals surface area contributed by atoms with Crippen molar-refractivity contribution in [2.75, 3.05) is 0 Å². The fourth-order valence-electron chi connectivity index (χ4n) is 2.95. The molecule has 0 fully saturated rings. The minimum Gasteiger partial charge on any atom is -0.0986 e. The van der Waals surface area contributed by atoms with Crippen LogP contribution in [0.5, 0.6) is 0 Å². The Morgan fingerprint density at radius 3 is 2.29 bits per heavy atom. The molecule has 0 heteroatoms. The van der Waals surface area contributed by atoms with Gasteiger partial charge < -0.3 is 0 Å². The summed E-state index contributed by atoms with van der Waals surface area (Å²) in [6.45, 7) is 17.9. The quantitative estimate of drug-likeness (QED) is 0.565. The van der Waals surface area contributed by atoms with E-state index < -0.39 is 0 Å². The SMILES string of the molecule is C=C1Cc2cc(C(C)(C)C)cc(C)c2C1(C)C. The summed E-state index contributed by atoms with van der Waals surface area (Å²) in [4.78, 5) is 0. The normalized spacial score (nSPS) is 18.4. The van der Waals surface area contributed by atoms with Crippen LogP contribution in [0.4, 0.5) is 0 Å². The van der Waals surface area contributed by atoms with Gasteiger partial charge in [0.25, 0.3) is 0 Å². The van der Waals surface area contributed by atoms with Gasteiger partial charge in [-0.3, -0.25) is 0 Å². The molecule has 0 aliphatic heterocycles. The van der Waals surface area contributed by atoms with Gasteiger partial charge in [0, 0.05) is 5.41 Å². The van der Waals surface area contributed by atoms with Gasteiger partial charge in [-0.2, -0.15) is 0 Å². The fraction of sp³-hybridized carbons (Fsp3) is 0.529. The first-order valence-electron chi connectivity index (χ1n) is 6.47. The number of rotatable bonds is 0. The standard InChI is InChI=1S/C17H24/c1-11-8-14(16(3,4)5)10-13-9-12(2)17(6,7)15(11)13/h8,10H,2,9H2,1,3-7H3. The minimum atomic E-state index is 0.149. The lowest BCUT2D eigenvalue weighted by Crippen LogP contribution is -2.17. The van der Waals surface area contributed by atoms with Crippen molar-refractivity contribution in [3.05, 3.63) is 46.5 Å². The molecule has 0 heterocycles. The van der Waals surface area contributed by atoms with E-state index in [1.54, 1.807) is 0 Å². The lowest BCUT2D eigenvalue weighted by Gasteiger charge is -2.26. The molecule has 1 aromatic rings. The van der Waals surface area contributed by atoms with Crippen molar-refractivity contribution >= 4 is 0 Å². The lowest BCUT2D eigenvalue weighted by molar-refractivity contribution is 0.587. The summed E-state index contributed by atoms with van der Waals surface area (Å²) in [5, 5.41) is 0. The van der Waals surface area contributed by atoms with Crippen LogP contribution in [0.1, 0.15) is 56.9 Å². The third kappa shape index (κ3) is 1.84. The number of allylic oxidation sites excluding steroid dienone is 1. The van der Waals surface area contributed by atoms with Gasteiger partial charge >= 0.3 is 0 Å². The number of benzene rings is 1. The van der Waals surface area contributed by atoms with Crippen LogP contribution in [0.3, 0.4) is 0 Å². The van der Waals surface area contributed by atoms with E-state index in [4.69, 9.17) is 0 Å². The Morgan fingerprint density at radius 1 is 1.18 bits per heavy atom. The highest BCUT2D eigenvalue weighted by molar-refractivity contribution is 5.54. The summed E-state index contributed by atoms with van der Waals surface area (Å²) in [6, 6.07) is 4.75. The maximum Gasteiger partial charge on any atom is 0.0111 e. The summed E-state index contributed by atoms with van der Waals surface area (Å²) in [5.41, 5.74) is 7.60. The third-order valence-electron chi connectivity index (χ3n) is 4.20. The molecular weight excluding hydrogens is 204 g/mol. The first-order chi connectivity index (χ1) is 7.64. The maximum atomic E-state index is 4.25. The second-order valence-electron chi connectivity index (χ2n) is 6.98. The predicted molar refractivity (Wildman–Crippen MR) is 75.7 cm³/mol. The molecule has 1 aliphatic rings. The molecule has 0 N–H and O–H groups in total. The van der Waals surface area contributed by atoms with Crippen LogP contribution < -0.4 is 0 Å². The monoisotopic (exact) mass is 228 g/mol. The van der Waals surface area contributed by atoms with Crippen molar-refractivity contribution in [1.82, 2.24) is 0 Å². The van der Waals surface area contributed by atoms with Crippen LogP contribution >= 0.6 is 0 Å². The summed E-state index contributed by atoms with van der Waals surface area (Å²) in [7, 11) is 0. The van der Waals surface area contributed by atoms with E-state index in [9.17, 15) is 0 Å². The van der Waals surface area contributed by atoms with Gasteiger partial charge in [-0.05, 0) is 41.0 Å². The Kier molecular flexibility index (Phi) is 2.54. The number of aryl methyl sites for hydroxylation is 1. The van der Waals surface area contributed by atoms with Crippen molar-refractivity contribution in [1.29, 1.82) is 0 Å². The fourth-order valence-corrected chi connectivity index (χ4v) is 2.95. The van der Waals surface area contributed by atoms with E-state index >= 15 is 0 Å². The zero-order valence-electron chi connectivity index (χ0n) is 12.1. The first kappa shape index (κ1) is 12.4. The van der Waals surface area contributed by atoms with E-state index in [-0.39, 0.29) is 10.8 Å². The van der Waals surface area contributed by atoms with Crippen LogP contribution in [0.15, 0.2) is 24.3 Å². The van der Waals surface area contributed by atoms with Gasteiger partial charge in [-0.25, -0.2) is 0 Å². The molecule has 0 bridgehead atoms. The van der Waals surface area contributed by atoms with Gasteiger partial charge in [0.1, 0.15) is 0 Å². The number of hydrogen-bond donors (Lipinski definition) is 0. The largest absolute Gasteiger partial charge is 0.0986 e. The summed E-state index contributed by atoms with van der Waals surface area (Å²) in [5.74, 6) is 0. The van der Waals surface area contributed by atoms with Gasteiger partial charge in [0.2, 0.25) is 0 Å². The van der Waals surface area contributed by atoms with Crippen LogP contribution in [0.2, 0.25) is 0 Å². The molecular formula is C17H24. The minimum absolute atomic E-state index is 0.149. The van der Waals surface area contributed by atoms with Gasteiger partial charge in [0.05, 0.1) is 0 Å². The second-order valence-corrected chi connectivity index (χ2v) is 6.98. The molecule has 0 radical (unpaired) electrons. The molecule has 1 aliphatic carbocycles. The molecule has 0 saturated heterocycles. The maximum absolute atomic E-state index is 4.25. The zero-order valence-corrected chi connectivity index (χ0v) is 12.1. The Bertz CT molecular complexity index is 481. The van der Waals surface area contributed by atoms with E-state index in [0.717, 1.165) is 6.42 Å². The van der Waals surface area contributed by atoms with Gasteiger partial charge in [0.15, 0.2) is 0 Å². The number of fused-ring (bicyclic) bond motifs is 1. The summed E-state index contributed by atoms with van der Waals surface area (Å²) < 4.78 is 0. The molecule has 1 aromatic carbocycles. The van der Waals surface area contributed by atoms with Crippen molar-refractivity contribution in [2.45, 2.75) is 58.8 Å². The highest BCUT2D eigenvalue weighted by Gasteiger charge is 2.35. The summed E-state index contributed by atoms with van der Waals surface area (Å²) >= 11 is 0. The van der Waals surface area contributed by atoms with Crippen LogP contribution in [-0.4, -0.2) is 0 Å². The topological polar surface area (TPSA) is 0 Å². The average molecular weight is 228 g/mol. The molecule has 0 nitrogen and oxygen atoms in total. The molecule has 0 amide bonds. The Labute approximate surface area is 106 Å². The smallest absolute Gasteiger partial charge is 0.0111 e. The second kappa shape index (κ2) is 3.48. The molecule has 0 aromatic heterocycles. The van der Waals surface area contributed by atoms with Crippen LogP contribution in [0, 0.1) is 6.92 Å². The summed E-state index contributed by atoms with van der Waals surface area (Å²) in [6.07, 6.45) is 1.05. The zero-order chi connectivity index (χ0) is 13.0. The Morgan fingerprint density at radius 2 is 1.76 bits per heavy atom. The molecule has 0 saturated carbocycles. The van der Waals surface area contributed by atoms with E-state index in [1.165, 1.54) is 27.8 Å². The highest BCUT2D eigenvalue weighted by Crippen LogP contribution is 2.44. The Hall–Kier alpha value is -1.04. The lowest BCUT2D eigenvalue weighted by atomic mass is 9.79. The predicted octanol–water partition coefficient (Wildman–Crippen LogP) is 4.68. The molecule has 0 unspecified atom stereocenters. The van der Waals surface area contributed by atoms with Crippen LogP contribution in [0.25, 0.3) is 0 Å². The molecule has 0 atom stereocenters.